The molecule has 0 saturated carbocycles. The third-order valence-electron chi connectivity index (χ3n) is 5.63. The molecule has 8 heteroatoms. The quantitative estimate of drug-likeness (QED) is 0.137. The fourth-order valence-corrected chi connectivity index (χ4v) is 3.87. The fraction of sp³-hybridized carbons (Fsp3) is 0.862. The number of hydrogen-bond donors (Lipinski definition) is 2. The van der Waals surface area contributed by atoms with Gasteiger partial charge in [-0.1, -0.05) is 64.2 Å². The van der Waals surface area contributed by atoms with Crippen LogP contribution in [0.1, 0.15) is 144 Å². The number of carbonyl (C=O) groups excluding carboxylic acids is 3. The van der Waals surface area contributed by atoms with Crippen LogP contribution < -0.4 is 5.32 Å². The molecule has 0 spiro atoms. The molecule has 0 aliphatic rings. The Labute approximate surface area is 224 Å². The molecule has 1 amide bonds. The Balaban J connectivity index is 3.78. The van der Waals surface area contributed by atoms with Crippen LogP contribution in [0.15, 0.2) is 0 Å². The molecular weight excluding hydrogens is 474 g/mol. The first-order chi connectivity index (χ1) is 17.2. The molecule has 0 aromatic heterocycles. The van der Waals surface area contributed by atoms with Gasteiger partial charge in [0.25, 0.3) is 0 Å². The zero-order valence-corrected chi connectivity index (χ0v) is 24.3. The van der Waals surface area contributed by atoms with Crippen LogP contribution in [-0.2, 0) is 28.7 Å². The summed E-state index contributed by atoms with van der Waals surface area (Å²) < 4.78 is 10.6. The average molecular weight is 528 g/mol. The number of carboxylic acids is 1. The molecular formula is C29H53NO7. The van der Waals surface area contributed by atoms with E-state index in [1.165, 1.54) is 32.1 Å². The summed E-state index contributed by atoms with van der Waals surface area (Å²) in [6.07, 6.45) is 13.8. The number of carbonyl (C=O) groups is 4. The smallest absolute Gasteiger partial charge is 0.329 e. The van der Waals surface area contributed by atoms with Gasteiger partial charge in [0.05, 0.1) is 0 Å². The van der Waals surface area contributed by atoms with E-state index in [-0.39, 0.29) is 24.7 Å². The first kappa shape index (κ1) is 34.9. The molecule has 216 valence electrons. The maximum atomic E-state index is 12.3. The predicted octanol–water partition coefficient (Wildman–Crippen LogP) is 6.48. The van der Waals surface area contributed by atoms with E-state index in [1.54, 1.807) is 20.8 Å². The van der Waals surface area contributed by atoms with E-state index in [0.29, 0.717) is 12.8 Å². The summed E-state index contributed by atoms with van der Waals surface area (Å²) in [5.74, 6) is -1.96. The van der Waals surface area contributed by atoms with Gasteiger partial charge < -0.3 is 19.9 Å². The van der Waals surface area contributed by atoms with Crippen LogP contribution in [0.2, 0.25) is 0 Å². The van der Waals surface area contributed by atoms with Gasteiger partial charge in [0.1, 0.15) is 17.2 Å². The molecule has 1 unspecified atom stereocenters. The molecule has 0 radical (unpaired) electrons. The van der Waals surface area contributed by atoms with Gasteiger partial charge in [0.15, 0.2) is 0 Å². The first-order valence-corrected chi connectivity index (χ1v) is 14.2. The Morgan fingerprint density at radius 1 is 0.622 bits per heavy atom. The normalized spacial score (nSPS) is 12.6. The molecule has 0 aliphatic carbocycles. The zero-order valence-electron chi connectivity index (χ0n) is 24.3. The van der Waals surface area contributed by atoms with E-state index >= 15 is 0 Å². The van der Waals surface area contributed by atoms with E-state index in [1.807, 2.05) is 20.8 Å². The Kier molecular flexibility index (Phi) is 17.9. The van der Waals surface area contributed by atoms with Gasteiger partial charge >= 0.3 is 17.9 Å². The lowest BCUT2D eigenvalue weighted by atomic mass is 10.0. The molecule has 0 aromatic carbocycles. The van der Waals surface area contributed by atoms with Crippen molar-refractivity contribution in [2.45, 2.75) is 162 Å². The molecule has 37 heavy (non-hydrogen) atoms. The second kappa shape index (κ2) is 19.0. The standard InChI is InChI=1S/C29H53NO7/c1-28(2,3)36-26(34)20-18-16-14-12-10-8-7-9-11-13-15-17-19-24(31)30-23(21-22-25(32)33)27(35)37-29(4,5)6/h23H,7-22H2,1-6H3,(H,30,31)(H,32,33). The summed E-state index contributed by atoms with van der Waals surface area (Å²) >= 11 is 0. The summed E-state index contributed by atoms with van der Waals surface area (Å²) in [5, 5.41) is 11.6. The highest BCUT2D eigenvalue weighted by atomic mass is 16.6. The van der Waals surface area contributed by atoms with Crippen LogP contribution in [0.25, 0.3) is 0 Å². The third-order valence-corrected chi connectivity index (χ3v) is 5.63. The molecule has 0 aliphatic heterocycles. The topological polar surface area (TPSA) is 119 Å². The van der Waals surface area contributed by atoms with Crippen molar-refractivity contribution in [3.8, 4) is 0 Å². The van der Waals surface area contributed by atoms with Crippen molar-refractivity contribution >= 4 is 23.8 Å². The summed E-state index contributed by atoms with van der Waals surface area (Å²) in [6.45, 7) is 10.9. The predicted molar refractivity (Wildman–Crippen MR) is 145 cm³/mol. The molecule has 0 rings (SSSR count). The highest BCUT2D eigenvalue weighted by Crippen LogP contribution is 2.15. The zero-order chi connectivity index (χ0) is 28.3. The summed E-state index contributed by atoms with van der Waals surface area (Å²) in [6, 6.07) is -0.937. The number of aliphatic carboxylic acids is 1. The summed E-state index contributed by atoms with van der Waals surface area (Å²) in [7, 11) is 0. The Morgan fingerprint density at radius 3 is 1.43 bits per heavy atom. The van der Waals surface area contributed by atoms with Crippen molar-refractivity contribution < 1.29 is 33.8 Å². The molecule has 0 bridgehead atoms. The number of ether oxygens (including phenoxy) is 2. The molecule has 0 fully saturated rings. The van der Waals surface area contributed by atoms with Gasteiger partial charge in [-0.3, -0.25) is 14.4 Å². The number of esters is 2. The highest BCUT2D eigenvalue weighted by Gasteiger charge is 2.27. The van der Waals surface area contributed by atoms with E-state index in [4.69, 9.17) is 14.6 Å². The SMILES string of the molecule is CC(C)(C)OC(=O)CCCCCCCCCCCCCCC(=O)NC(CCC(=O)O)C(=O)OC(C)(C)C. The van der Waals surface area contributed by atoms with E-state index in [9.17, 15) is 19.2 Å². The van der Waals surface area contributed by atoms with Gasteiger partial charge in [0.2, 0.25) is 5.91 Å². The first-order valence-electron chi connectivity index (χ1n) is 14.2. The minimum absolute atomic E-state index is 0.0159. The van der Waals surface area contributed by atoms with E-state index in [2.05, 4.69) is 5.32 Å². The number of unbranched alkanes of at least 4 members (excludes halogenated alkanes) is 11. The largest absolute Gasteiger partial charge is 0.481 e. The Hall–Kier alpha value is -2.12. The number of hydrogen-bond acceptors (Lipinski definition) is 6. The van der Waals surface area contributed by atoms with Gasteiger partial charge in [-0.2, -0.15) is 0 Å². The Bertz CT molecular complexity index is 677. The number of carboxylic acid groups (broad SMARTS) is 1. The lowest BCUT2D eigenvalue weighted by molar-refractivity contribution is -0.159. The fourth-order valence-electron chi connectivity index (χ4n) is 3.87. The Morgan fingerprint density at radius 2 is 1.03 bits per heavy atom. The monoisotopic (exact) mass is 527 g/mol. The lowest BCUT2D eigenvalue weighted by Crippen LogP contribution is -2.44. The van der Waals surface area contributed by atoms with Gasteiger partial charge in [0, 0.05) is 19.3 Å². The molecule has 8 nitrogen and oxygen atoms in total. The van der Waals surface area contributed by atoms with Crippen molar-refractivity contribution in [1.82, 2.24) is 5.32 Å². The highest BCUT2D eigenvalue weighted by molar-refractivity contribution is 5.85. The lowest BCUT2D eigenvalue weighted by Gasteiger charge is -2.24. The maximum absolute atomic E-state index is 12.3. The van der Waals surface area contributed by atoms with Crippen LogP contribution in [-0.4, -0.2) is 46.2 Å². The van der Waals surface area contributed by atoms with Crippen LogP contribution in [0.3, 0.4) is 0 Å². The molecule has 1 atom stereocenters. The van der Waals surface area contributed by atoms with Crippen molar-refractivity contribution in [1.29, 1.82) is 0 Å². The second-order valence-corrected chi connectivity index (χ2v) is 11.9. The maximum Gasteiger partial charge on any atom is 0.329 e. The van der Waals surface area contributed by atoms with E-state index in [0.717, 1.165) is 44.9 Å². The molecule has 2 N–H and O–H groups in total. The van der Waals surface area contributed by atoms with E-state index < -0.39 is 29.2 Å². The van der Waals surface area contributed by atoms with Crippen LogP contribution in [0, 0.1) is 0 Å². The van der Waals surface area contributed by atoms with Crippen LogP contribution in [0.5, 0.6) is 0 Å². The number of rotatable bonds is 20. The second-order valence-electron chi connectivity index (χ2n) is 11.9. The minimum Gasteiger partial charge on any atom is -0.481 e. The third kappa shape index (κ3) is 24.0. The van der Waals surface area contributed by atoms with Crippen molar-refractivity contribution in [2.75, 3.05) is 0 Å². The average Bonchev–Trinajstić information content (AvgIpc) is 2.74. The molecule has 0 aromatic rings. The number of amides is 1. The molecule has 0 saturated heterocycles. The van der Waals surface area contributed by atoms with Crippen molar-refractivity contribution in [3.05, 3.63) is 0 Å². The van der Waals surface area contributed by atoms with Crippen LogP contribution in [0.4, 0.5) is 0 Å². The minimum atomic E-state index is -1.02. The van der Waals surface area contributed by atoms with Gasteiger partial charge in [-0.05, 0) is 60.8 Å². The van der Waals surface area contributed by atoms with Gasteiger partial charge in [-0.15, -0.1) is 0 Å². The number of nitrogens with one attached hydrogen (secondary N) is 1. The van der Waals surface area contributed by atoms with Crippen molar-refractivity contribution in [2.24, 2.45) is 0 Å². The van der Waals surface area contributed by atoms with Crippen molar-refractivity contribution in [3.63, 3.8) is 0 Å². The summed E-state index contributed by atoms with van der Waals surface area (Å²) in [4.78, 5) is 47.1. The summed E-state index contributed by atoms with van der Waals surface area (Å²) in [5.41, 5.74) is -1.10. The van der Waals surface area contributed by atoms with Gasteiger partial charge in [-0.25, -0.2) is 4.79 Å². The molecule has 0 heterocycles. The van der Waals surface area contributed by atoms with Crippen LogP contribution >= 0.6 is 0 Å².